The van der Waals surface area contributed by atoms with Gasteiger partial charge in [0.15, 0.2) is 5.82 Å². The predicted octanol–water partition coefficient (Wildman–Crippen LogP) is 1.74. The van der Waals surface area contributed by atoms with Gasteiger partial charge in [-0.3, -0.25) is 10.00 Å². The lowest BCUT2D eigenvalue weighted by Crippen LogP contribution is -2.46. The first kappa shape index (κ1) is 14.6. The van der Waals surface area contributed by atoms with Crippen LogP contribution < -0.4 is 4.90 Å². The fraction of sp³-hybridized carbons (Fsp3) is 0.375. The number of H-pyrrole nitrogens is 1. The lowest BCUT2D eigenvalue weighted by Gasteiger charge is -2.35. The van der Waals surface area contributed by atoms with Crippen LogP contribution in [0.3, 0.4) is 0 Å². The Balaban J connectivity index is 1.64. The second-order valence-corrected chi connectivity index (χ2v) is 5.60. The summed E-state index contributed by atoms with van der Waals surface area (Å²) in [7, 11) is 0. The van der Waals surface area contributed by atoms with Crippen LogP contribution in [0.2, 0.25) is 0 Å². The quantitative estimate of drug-likeness (QED) is 0.900. The molecular weight excluding hydrogens is 280 g/mol. The van der Waals surface area contributed by atoms with Crippen molar-refractivity contribution in [3.63, 3.8) is 0 Å². The molecule has 0 aliphatic carbocycles. The van der Waals surface area contributed by atoms with Crippen LogP contribution in [0.1, 0.15) is 21.6 Å². The van der Waals surface area contributed by atoms with Gasteiger partial charge in [0.2, 0.25) is 0 Å². The normalized spacial score (nSPS) is 16.0. The van der Waals surface area contributed by atoms with Crippen molar-refractivity contribution in [2.45, 2.75) is 13.5 Å². The highest BCUT2D eigenvalue weighted by Gasteiger charge is 2.25. The van der Waals surface area contributed by atoms with E-state index in [-0.39, 0.29) is 5.56 Å². The van der Waals surface area contributed by atoms with Crippen molar-refractivity contribution in [3.8, 4) is 0 Å². The third kappa shape index (κ3) is 2.96. The second-order valence-electron chi connectivity index (χ2n) is 5.60. The van der Waals surface area contributed by atoms with Gasteiger partial charge < -0.3 is 10.0 Å². The number of piperazine rings is 1. The van der Waals surface area contributed by atoms with Gasteiger partial charge in [0.1, 0.15) is 5.56 Å². The molecule has 2 heterocycles. The van der Waals surface area contributed by atoms with Gasteiger partial charge in [0.25, 0.3) is 0 Å². The van der Waals surface area contributed by atoms with E-state index in [1.54, 1.807) is 6.92 Å². The molecule has 0 unspecified atom stereocenters. The van der Waals surface area contributed by atoms with Crippen LogP contribution in [0.15, 0.2) is 30.3 Å². The standard InChI is InChI=1S/C16H20N4O2/c1-12-14(16(21)22)15(18-17-12)20-9-7-19(8-10-20)11-13-5-3-2-4-6-13/h2-6H,7-11H2,1H3,(H,17,18)(H,21,22). The zero-order valence-corrected chi connectivity index (χ0v) is 12.6. The molecule has 1 saturated heterocycles. The molecule has 0 spiro atoms. The number of aromatic carboxylic acids is 1. The SMILES string of the molecule is Cc1[nH]nc(N2CCN(Cc3ccccc3)CC2)c1C(=O)O. The van der Waals surface area contributed by atoms with Crippen molar-refractivity contribution in [1.82, 2.24) is 15.1 Å². The predicted molar refractivity (Wildman–Crippen MR) is 84.2 cm³/mol. The van der Waals surface area contributed by atoms with E-state index in [2.05, 4.69) is 44.3 Å². The fourth-order valence-electron chi connectivity index (χ4n) is 2.86. The average Bonchev–Trinajstić information content (AvgIpc) is 2.91. The van der Waals surface area contributed by atoms with Crippen LogP contribution in [-0.4, -0.2) is 52.4 Å². The Labute approximate surface area is 129 Å². The number of hydrogen-bond acceptors (Lipinski definition) is 4. The maximum absolute atomic E-state index is 11.4. The molecule has 3 rings (SSSR count). The van der Waals surface area contributed by atoms with Crippen LogP contribution >= 0.6 is 0 Å². The fourth-order valence-corrected chi connectivity index (χ4v) is 2.86. The molecular formula is C16H20N4O2. The highest BCUT2D eigenvalue weighted by molar-refractivity contribution is 5.94. The van der Waals surface area contributed by atoms with Crippen LogP contribution in [-0.2, 0) is 6.54 Å². The Morgan fingerprint density at radius 2 is 1.91 bits per heavy atom. The van der Waals surface area contributed by atoms with Gasteiger partial charge in [0, 0.05) is 38.4 Å². The first-order valence-corrected chi connectivity index (χ1v) is 7.44. The maximum Gasteiger partial charge on any atom is 0.341 e. The van der Waals surface area contributed by atoms with E-state index in [4.69, 9.17) is 0 Å². The van der Waals surface area contributed by atoms with Gasteiger partial charge in [-0.15, -0.1) is 0 Å². The van der Waals surface area contributed by atoms with Gasteiger partial charge >= 0.3 is 5.97 Å². The lowest BCUT2D eigenvalue weighted by molar-refractivity contribution is 0.0696. The molecule has 0 atom stereocenters. The topological polar surface area (TPSA) is 72.5 Å². The van der Waals surface area contributed by atoms with Crippen molar-refractivity contribution in [2.75, 3.05) is 31.1 Å². The van der Waals surface area contributed by atoms with E-state index >= 15 is 0 Å². The van der Waals surface area contributed by atoms with E-state index in [1.807, 2.05) is 6.07 Å². The summed E-state index contributed by atoms with van der Waals surface area (Å²) in [4.78, 5) is 15.8. The third-order valence-corrected chi connectivity index (χ3v) is 4.06. The van der Waals surface area contributed by atoms with Crippen LogP contribution in [0.5, 0.6) is 0 Å². The van der Waals surface area contributed by atoms with E-state index in [0.717, 1.165) is 32.7 Å². The van der Waals surface area contributed by atoms with Gasteiger partial charge in [0.05, 0.1) is 0 Å². The van der Waals surface area contributed by atoms with Crippen LogP contribution in [0.25, 0.3) is 0 Å². The number of aromatic amines is 1. The molecule has 1 aliphatic rings. The summed E-state index contributed by atoms with van der Waals surface area (Å²) < 4.78 is 0. The Kier molecular flexibility index (Phi) is 4.11. The molecule has 2 aromatic rings. The van der Waals surface area contributed by atoms with Crippen molar-refractivity contribution < 1.29 is 9.90 Å². The van der Waals surface area contributed by atoms with Gasteiger partial charge in [-0.2, -0.15) is 5.10 Å². The van der Waals surface area contributed by atoms with Crippen molar-refractivity contribution >= 4 is 11.8 Å². The summed E-state index contributed by atoms with van der Waals surface area (Å²) in [5.41, 5.74) is 2.20. The van der Waals surface area contributed by atoms with Gasteiger partial charge in [-0.05, 0) is 12.5 Å². The third-order valence-electron chi connectivity index (χ3n) is 4.06. The minimum absolute atomic E-state index is 0.288. The molecule has 2 N–H and O–H groups in total. The minimum atomic E-state index is -0.923. The Hall–Kier alpha value is -2.34. The number of carboxylic acids is 1. The zero-order chi connectivity index (χ0) is 15.5. The molecule has 1 fully saturated rings. The summed E-state index contributed by atoms with van der Waals surface area (Å²) in [5, 5.41) is 16.3. The van der Waals surface area contributed by atoms with Crippen LogP contribution in [0.4, 0.5) is 5.82 Å². The van der Waals surface area contributed by atoms with Gasteiger partial charge in [-0.25, -0.2) is 4.79 Å². The molecule has 1 aliphatic heterocycles. The Morgan fingerprint density at radius 1 is 1.23 bits per heavy atom. The highest BCUT2D eigenvalue weighted by atomic mass is 16.4. The minimum Gasteiger partial charge on any atom is -0.477 e. The van der Waals surface area contributed by atoms with Crippen molar-refractivity contribution in [3.05, 3.63) is 47.2 Å². The zero-order valence-electron chi connectivity index (χ0n) is 12.6. The summed E-state index contributed by atoms with van der Waals surface area (Å²) in [6, 6.07) is 10.4. The lowest BCUT2D eigenvalue weighted by atomic mass is 10.2. The average molecular weight is 300 g/mol. The number of anilines is 1. The van der Waals surface area contributed by atoms with E-state index in [9.17, 15) is 9.90 Å². The van der Waals surface area contributed by atoms with Crippen LogP contribution in [0, 0.1) is 6.92 Å². The Bertz CT molecular complexity index is 645. The number of nitrogens with one attached hydrogen (secondary N) is 1. The van der Waals surface area contributed by atoms with E-state index < -0.39 is 5.97 Å². The maximum atomic E-state index is 11.4. The molecule has 0 saturated carbocycles. The summed E-state index contributed by atoms with van der Waals surface area (Å²) in [5.74, 6) is -0.364. The molecule has 6 nitrogen and oxygen atoms in total. The molecule has 1 aromatic heterocycles. The molecule has 22 heavy (non-hydrogen) atoms. The second kappa shape index (κ2) is 6.19. The largest absolute Gasteiger partial charge is 0.477 e. The number of carboxylic acid groups (broad SMARTS) is 1. The molecule has 6 heteroatoms. The highest BCUT2D eigenvalue weighted by Crippen LogP contribution is 2.22. The number of carbonyl (C=O) groups is 1. The smallest absolute Gasteiger partial charge is 0.341 e. The summed E-state index contributed by atoms with van der Waals surface area (Å²) in [6.07, 6.45) is 0. The number of rotatable bonds is 4. The molecule has 1 aromatic carbocycles. The summed E-state index contributed by atoms with van der Waals surface area (Å²) in [6.45, 7) is 6.06. The van der Waals surface area contributed by atoms with E-state index in [1.165, 1.54) is 5.56 Å². The van der Waals surface area contributed by atoms with Crippen molar-refractivity contribution in [1.29, 1.82) is 0 Å². The number of hydrogen-bond donors (Lipinski definition) is 2. The molecule has 116 valence electrons. The van der Waals surface area contributed by atoms with Gasteiger partial charge in [-0.1, -0.05) is 30.3 Å². The Morgan fingerprint density at radius 3 is 2.55 bits per heavy atom. The number of aromatic nitrogens is 2. The first-order valence-electron chi connectivity index (χ1n) is 7.44. The monoisotopic (exact) mass is 300 g/mol. The summed E-state index contributed by atoms with van der Waals surface area (Å²) >= 11 is 0. The van der Waals surface area contributed by atoms with E-state index in [0.29, 0.717) is 11.5 Å². The molecule has 0 radical (unpaired) electrons. The van der Waals surface area contributed by atoms with Crippen molar-refractivity contribution in [2.24, 2.45) is 0 Å². The molecule has 0 bridgehead atoms. The number of nitrogens with zero attached hydrogens (tertiary/aromatic N) is 3. The number of aryl methyl sites for hydroxylation is 1. The first-order chi connectivity index (χ1) is 10.6. The molecule has 0 amide bonds. The number of benzene rings is 1.